The molecule has 0 radical (unpaired) electrons. The van der Waals surface area contributed by atoms with Crippen LogP contribution in [0.4, 0.5) is 13.2 Å². The van der Waals surface area contributed by atoms with E-state index >= 15 is 0 Å². The van der Waals surface area contributed by atoms with E-state index in [4.69, 9.17) is 20.1 Å². The van der Waals surface area contributed by atoms with Crippen LogP contribution in [0.5, 0.6) is 0 Å². The lowest BCUT2D eigenvalue weighted by Crippen LogP contribution is -2.36. The molecule has 13 heteroatoms. The van der Waals surface area contributed by atoms with E-state index in [-0.39, 0.29) is 18.8 Å². The topological polar surface area (TPSA) is 117 Å². The van der Waals surface area contributed by atoms with Crippen LogP contribution in [0, 0.1) is 12.3 Å². The van der Waals surface area contributed by atoms with Gasteiger partial charge >= 0.3 is 11.9 Å². The predicted octanol–water partition coefficient (Wildman–Crippen LogP) is 0.228. The quantitative estimate of drug-likeness (QED) is 0.490. The molecule has 2 heterocycles. The van der Waals surface area contributed by atoms with Gasteiger partial charge in [0.25, 0.3) is 15.7 Å². The summed E-state index contributed by atoms with van der Waals surface area (Å²) in [6, 6.07) is 0. The zero-order valence-corrected chi connectivity index (χ0v) is 15.4. The number of nitrogens with zero attached hydrogens (tertiary/aromatic N) is 1. The monoisotopic (exact) mass is 426 g/mol. The van der Waals surface area contributed by atoms with Crippen LogP contribution in [-0.2, 0) is 30.0 Å². The van der Waals surface area contributed by atoms with E-state index in [9.17, 15) is 31.2 Å². The molecule has 0 spiro atoms. The number of nitrogens with one attached hydrogen (secondary N) is 1. The lowest BCUT2D eigenvalue weighted by atomic mass is 10.2. The fourth-order valence-corrected chi connectivity index (χ4v) is 3.02. The van der Waals surface area contributed by atoms with Gasteiger partial charge in [-0.3, -0.25) is 18.5 Å². The second-order valence-electron chi connectivity index (χ2n) is 5.76. The van der Waals surface area contributed by atoms with Gasteiger partial charge in [0.05, 0.1) is 18.5 Å². The van der Waals surface area contributed by atoms with Crippen molar-refractivity contribution in [1.82, 2.24) is 9.55 Å². The molecule has 1 aliphatic heterocycles. The summed E-state index contributed by atoms with van der Waals surface area (Å²) in [5.74, 6) is 1.90. The Balaban J connectivity index is 2.31. The van der Waals surface area contributed by atoms with Gasteiger partial charge in [-0.05, 0) is 6.92 Å². The Bertz CT molecular complexity index is 962. The van der Waals surface area contributed by atoms with Crippen molar-refractivity contribution in [2.75, 3.05) is 19.0 Å². The standard InChI is InChI=1S/C15H17F3N2O7S/c1-3-5-25-10-6-12(27-11(10)8-26-28(23,24)4-2)20-7-9(15(16,17)18)13(21)19-14(20)22/h1,7,10-12H,4-6,8H2,2H3,(H,19,21,22)/t10-,11+,12+/m0/s1. The zero-order valence-electron chi connectivity index (χ0n) is 14.6. The number of aromatic amines is 1. The smallest absolute Gasteiger partial charge is 0.363 e. The number of hydrogen-bond donors (Lipinski definition) is 1. The summed E-state index contributed by atoms with van der Waals surface area (Å²) in [6.45, 7) is 0.705. The highest BCUT2D eigenvalue weighted by Gasteiger charge is 2.40. The average molecular weight is 426 g/mol. The van der Waals surface area contributed by atoms with E-state index in [0.717, 1.165) is 0 Å². The molecule has 0 unspecified atom stereocenters. The number of H-pyrrole nitrogens is 1. The van der Waals surface area contributed by atoms with Crippen molar-refractivity contribution >= 4 is 10.1 Å². The summed E-state index contributed by atoms with van der Waals surface area (Å²) < 4.78 is 78.0. The number of aromatic nitrogens is 2. The van der Waals surface area contributed by atoms with Crippen LogP contribution in [0.25, 0.3) is 0 Å². The Morgan fingerprint density at radius 1 is 1.43 bits per heavy atom. The highest BCUT2D eigenvalue weighted by molar-refractivity contribution is 7.86. The molecule has 1 aromatic rings. The van der Waals surface area contributed by atoms with E-state index in [1.807, 2.05) is 0 Å². The predicted molar refractivity (Wildman–Crippen MR) is 88.8 cm³/mol. The molecule has 1 aliphatic rings. The molecular formula is C15H17F3N2O7S. The number of halogens is 3. The third-order valence-corrected chi connectivity index (χ3v) is 5.11. The molecule has 0 bridgehead atoms. The van der Waals surface area contributed by atoms with Gasteiger partial charge in [0.1, 0.15) is 24.5 Å². The molecule has 0 aliphatic carbocycles. The van der Waals surface area contributed by atoms with Gasteiger partial charge in [0.2, 0.25) is 0 Å². The molecule has 156 valence electrons. The molecule has 1 saturated heterocycles. The van der Waals surface area contributed by atoms with Crippen LogP contribution in [0.1, 0.15) is 25.1 Å². The Labute approximate surface area is 157 Å². The first-order valence-corrected chi connectivity index (χ1v) is 9.56. The summed E-state index contributed by atoms with van der Waals surface area (Å²) >= 11 is 0. The van der Waals surface area contributed by atoms with Gasteiger partial charge in [0.15, 0.2) is 0 Å². The molecule has 28 heavy (non-hydrogen) atoms. The fourth-order valence-electron chi connectivity index (χ4n) is 2.51. The molecule has 1 fully saturated rings. The van der Waals surface area contributed by atoms with Crippen molar-refractivity contribution in [3.05, 3.63) is 32.6 Å². The number of ether oxygens (including phenoxy) is 2. The van der Waals surface area contributed by atoms with Crippen LogP contribution >= 0.6 is 0 Å². The zero-order chi connectivity index (χ0) is 21.1. The van der Waals surface area contributed by atoms with Crippen molar-refractivity contribution in [2.45, 2.75) is 38.0 Å². The molecule has 2 rings (SSSR count). The molecule has 1 N–H and O–H groups in total. The van der Waals surface area contributed by atoms with E-state index in [0.29, 0.717) is 10.8 Å². The summed E-state index contributed by atoms with van der Waals surface area (Å²) in [6.07, 6.45) is -2.78. The Kier molecular flexibility index (Phi) is 6.71. The van der Waals surface area contributed by atoms with Gasteiger partial charge in [0, 0.05) is 12.6 Å². The summed E-state index contributed by atoms with van der Waals surface area (Å²) in [7, 11) is -3.81. The molecule has 9 nitrogen and oxygen atoms in total. The largest absolute Gasteiger partial charge is 0.423 e. The van der Waals surface area contributed by atoms with E-state index < -0.39 is 58.1 Å². The van der Waals surface area contributed by atoms with Crippen molar-refractivity contribution in [1.29, 1.82) is 0 Å². The first-order valence-electron chi connectivity index (χ1n) is 7.98. The van der Waals surface area contributed by atoms with Crippen LogP contribution in [0.15, 0.2) is 15.8 Å². The van der Waals surface area contributed by atoms with E-state index in [1.54, 1.807) is 4.98 Å². The maximum atomic E-state index is 12.9. The Morgan fingerprint density at radius 2 is 2.11 bits per heavy atom. The second kappa shape index (κ2) is 8.48. The average Bonchev–Trinajstić information content (AvgIpc) is 3.00. The highest BCUT2D eigenvalue weighted by atomic mass is 32.2. The van der Waals surface area contributed by atoms with Crippen LogP contribution in [-0.4, -0.2) is 49.1 Å². The van der Waals surface area contributed by atoms with Crippen molar-refractivity contribution in [3.63, 3.8) is 0 Å². The highest BCUT2D eigenvalue weighted by Crippen LogP contribution is 2.32. The molecule has 0 saturated carbocycles. The first kappa shape index (κ1) is 22.2. The van der Waals surface area contributed by atoms with Crippen LogP contribution in [0.3, 0.4) is 0 Å². The maximum Gasteiger partial charge on any atom is 0.423 e. The van der Waals surface area contributed by atoms with Crippen molar-refractivity contribution in [3.8, 4) is 12.3 Å². The third kappa shape index (κ3) is 5.22. The number of rotatable bonds is 7. The van der Waals surface area contributed by atoms with Crippen LogP contribution < -0.4 is 11.2 Å². The Morgan fingerprint density at radius 3 is 2.68 bits per heavy atom. The molecule has 0 amide bonds. The molecular weight excluding hydrogens is 409 g/mol. The number of hydrogen-bond acceptors (Lipinski definition) is 7. The van der Waals surface area contributed by atoms with Crippen molar-refractivity contribution in [2.24, 2.45) is 0 Å². The normalized spacial score (nSPS) is 22.9. The second-order valence-corrected chi connectivity index (χ2v) is 7.68. The number of alkyl halides is 3. The molecule has 0 aromatic carbocycles. The van der Waals surface area contributed by atoms with Gasteiger partial charge in [-0.2, -0.15) is 21.6 Å². The van der Waals surface area contributed by atoms with Gasteiger partial charge in [-0.1, -0.05) is 5.92 Å². The van der Waals surface area contributed by atoms with Crippen molar-refractivity contribution < 1.29 is 35.2 Å². The molecule has 1 aromatic heterocycles. The maximum absolute atomic E-state index is 12.9. The lowest BCUT2D eigenvalue weighted by molar-refractivity contribution is -0.139. The minimum Gasteiger partial charge on any atom is -0.363 e. The minimum absolute atomic E-state index is 0.120. The first-order chi connectivity index (χ1) is 13.0. The van der Waals surface area contributed by atoms with E-state index in [1.165, 1.54) is 6.92 Å². The van der Waals surface area contributed by atoms with Gasteiger partial charge in [-0.25, -0.2) is 4.79 Å². The summed E-state index contributed by atoms with van der Waals surface area (Å²) in [5.41, 5.74) is -4.28. The van der Waals surface area contributed by atoms with E-state index in [2.05, 4.69) is 5.92 Å². The SMILES string of the molecule is C#CCO[C@H]1C[C@H](n2cc(C(F)(F)F)c(=O)[nH]c2=O)O[C@@H]1COS(=O)(=O)CC. The minimum atomic E-state index is -4.99. The summed E-state index contributed by atoms with van der Waals surface area (Å²) in [5, 5.41) is 0. The fraction of sp³-hybridized carbons (Fsp3) is 0.600. The Hall–Kier alpha value is -2.14. The number of terminal acetylenes is 1. The summed E-state index contributed by atoms with van der Waals surface area (Å²) in [4.78, 5) is 24.9. The van der Waals surface area contributed by atoms with Crippen LogP contribution in [0.2, 0.25) is 0 Å². The third-order valence-electron chi connectivity index (χ3n) is 3.91. The van der Waals surface area contributed by atoms with Gasteiger partial charge < -0.3 is 9.47 Å². The lowest BCUT2D eigenvalue weighted by Gasteiger charge is -2.18. The van der Waals surface area contributed by atoms with Gasteiger partial charge in [-0.15, -0.1) is 6.42 Å². The molecule has 3 atom stereocenters.